The van der Waals surface area contributed by atoms with Crippen LogP contribution in [0.3, 0.4) is 0 Å². The molecule has 0 fully saturated rings. The molecule has 3 heteroatoms. The first-order valence-corrected chi connectivity index (χ1v) is 7.17. The lowest BCUT2D eigenvalue weighted by molar-refractivity contribution is 0.493. The largest absolute Gasteiger partial charge is 0.310 e. The van der Waals surface area contributed by atoms with Crippen LogP contribution in [0.1, 0.15) is 36.9 Å². The number of nitrogens with zero attached hydrogens (tertiary/aromatic N) is 1. The molecule has 1 aromatic carbocycles. The summed E-state index contributed by atoms with van der Waals surface area (Å²) in [6.07, 6.45) is 5.97. The molecule has 0 saturated carbocycles. The number of hydrogen-bond donors (Lipinski definition) is 1. The van der Waals surface area contributed by atoms with Crippen molar-refractivity contribution in [3.63, 3.8) is 0 Å². The van der Waals surface area contributed by atoms with Gasteiger partial charge in [-0.1, -0.05) is 37.3 Å². The molecular formula is C17H21FN2. The van der Waals surface area contributed by atoms with E-state index >= 15 is 0 Å². The van der Waals surface area contributed by atoms with Crippen LogP contribution in [-0.2, 0) is 6.42 Å². The summed E-state index contributed by atoms with van der Waals surface area (Å²) in [4.78, 5) is 3.95. The Kier molecular flexibility index (Phi) is 5.69. The van der Waals surface area contributed by atoms with E-state index in [1.165, 1.54) is 11.8 Å². The van der Waals surface area contributed by atoms with Gasteiger partial charge in [0, 0.05) is 12.2 Å². The lowest BCUT2D eigenvalue weighted by Gasteiger charge is -2.18. The third kappa shape index (κ3) is 4.42. The van der Waals surface area contributed by atoms with Gasteiger partial charge >= 0.3 is 0 Å². The molecule has 1 N–H and O–H groups in total. The van der Waals surface area contributed by atoms with Crippen LogP contribution in [0.15, 0.2) is 48.8 Å². The Bertz CT molecular complexity index is 513. The van der Waals surface area contributed by atoms with Crippen molar-refractivity contribution in [3.05, 3.63) is 65.7 Å². The molecular weight excluding hydrogens is 251 g/mol. The van der Waals surface area contributed by atoms with Crippen LogP contribution in [0.4, 0.5) is 4.39 Å². The Morgan fingerprint density at radius 2 is 2.00 bits per heavy atom. The third-order valence-corrected chi connectivity index (χ3v) is 3.33. The summed E-state index contributed by atoms with van der Waals surface area (Å²) in [5.41, 5.74) is 2.23. The summed E-state index contributed by atoms with van der Waals surface area (Å²) < 4.78 is 13.3. The Balaban J connectivity index is 2.03. The second kappa shape index (κ2) is 7.75. The van der Waals surface area contributed by atoms with E-state index in [0.717, 1.165) is 31.4 Å². The SMILES string of the molecule is CCCNC(CCc1ccccc1)c1cncc(F)c1. The minimum Gasteiger partial charge on any atom is -0.310 e. The van der Waals surface area contributed by atoms with Crippen molar-refractivity contribution in [1.82, 2.24) is 10.3 Å². The summed E-state index contributed by atoms with van der Waals surface area (Å²) in [7, 11) is 0. The molecule has 1 atom stereocenters. The van der Waals surface area contributed by atoms with Gasteiger partial charge in [0.25, 0.3) is 0 Å². The molecule has 0 amide bonds. The highest BCUT2D eigenvalue weighted by Crippen LogP contribution is 2.19. The minimum absolute atomic E-state index is 0.151. The molecule has 106 valence electrons. The molecule has 0 spiro atoms. The van der Waals surface area contributed by atoms with Crippen LogP contribution >= 0.6 is 0 Å². The molecule has 0 bridgehead atoms. The maximum absolute atomic E-state index is 13.3. The fraction of sp³-hybridized carbons (Fsp3) is 0.353. The van der Waals surface area contributed by atoms with E-state index in [0.29, 0.717) is 0 Å². The normalized spacial score (nSPS) is 12.3. The van der Waals surface area contributed by atoms with Gasteiger partial charge in [-0.2, -0.15) is 0 Å². The number of halogens is 1. The zero-order valence-electron chi connectivity index (χ0n) is 11.8. The minimum atomic E-state index is -0.273. The van der Waals surface area contributed by atoms with Crippen molar-refractivity contribution in [2.24, 2.45) is 0 Å². The van der Waals surface area contributed by atoms with Crippen LogP contribution in [-0.4, -0.2) is 11.5 Å². The topological polar surface area (TPSA) is 24.9 Å². The van der Waals surface area contributed by atoms with Gasteiger partial charge in [0.1, 0.15) is 5.82 Å². The number of rotatable bonds is 7. The zero-order chi connectivity index (χ0) is 14.2. The van der Waals surface area contributed by atoms with Gasteiger partial charge in [0.2, 0.25) is 0 Å². The van der Waals surface area contributed by atoms with E-state index in [1.807, 2.05) is 18.2 Å². The second-order valence-electron chi connectivity index (χ2n) is 4.97. The van der Waals surface area contributed by atoms with E-state index < -0.39 is 0 Å². The van der Waals surface area contributed by atoms with Crippen molar-refractivity contribution in [1.29, 1.82) is 0 Å². The average Bonchev–Trinajstić information content (AvgIpc) is 2.48. The Morgan fingerprint density at radius 3 is 2.70 bits per heavy atom. The van der Waals surface area contributed by atoms with Crippen molar-refractivity contribution in [2.45, 2.75) is 32.2 Å². The molecule has 0 aliphatic carbocycles. The van der Waals surface area contributed by atoms with Crippen LogP contribution in [0.25, 0.3) is 0 Å². The zero-order valence-corrected chi connectivity index (χ0v) is 11.8. The van der Waals surface area contributed by atoms with E-state index in [2.05, 4.69) is 29.4 Å². The Labute approximate surface area is 120 Å². The predicted octanol–water partition coefficient (Wildman–Crippen LogP) is 3.89. The highest BCUT2D eigenvalue weighted by molar-refractivity contribution is 5.18. The van der Waals surface area contributed by atoms with Crippen LogP contribution in [0.2, 0.25) is 0 Å². The summed E-state index contributed by atoms with van der Waals surface area (Å²) >= 11 is 0. The molecule has 0 saturated heterocycles. The van der Waals surface area contributed by atoms with Gasteiger partial charge < -0.3 is 5.32 Å². The van der Waals surface area contributed by atoms with Crippen molar-refractivity contribution in [3.8, 4) is 0 Å². The molecule has 2 nitrogen and oxygen atoms in total. The number of benzene rings is 1. The van der Waals surface area contributed by atoms with E-state index in [4.69, 9.17) is 0 Å². The number of aryl methyl sites for hydroxylation is 1. The van der Waals surface area contributed by atoms with Gasteiger partial charge in [-0.3, -0.25) is 4.98 Å². The smallest absolute Gasteiger partial charge is 0.141 e. The van der Waals surface area contributed by atoms with Gasteiger partial charge in [0.05, 0.1) is 6.20 Å². The van der Waals surface area contributed by atoms with Gasteiger partial charge in [0.15, 0.2) is 0 Å². The first kappa shape index (κ1) is 14.7. The summed E-state index contributed by atoms with van der Waals surface area (Å²) in [6, 6.07) is 12.1. The molecule has 0 aliphatic heterocycles. The molecule has 0 radical (unpaired) electrons. The van der Waals surface area contributed by atoms with Crippen LogP contribution in [0, 0.1) is 5.82 Å². The van der Waals surface area contributed by atoms with Crippen molar-refractivity contribution < 1.29 is 4.39 Å². The quantitative estimate of drug-likeness (QED) is 0.827. The lowest BCUT2D eigenvalue weighted by Crippen LogP contribution is -2.23. The van der Waals surface area contributed by atoms with Gasteiger partial charge in [-0.15, -0.1) is 0 Å². The van der Waals surface area contributed by atoms with Crippen LogP contribution in [0.5, 0.6) is 0 Å². The molecule has 2 rings (SSSR count). The van der Waals surface area contributed by atoms with Crippen molar-refractivity contribution in [2.75, 3.05) is 6.54 Å². The van der Waals surface area contributed by atoms with E-state index in [-0.39, 0.29) is 11.9 Å². The van der Waals surface area contributed by atoms with Crippen molar-refractivity contribution >= 4 is 0 Å². The number of pyridine rings is 1. The summed E-state index contributed by atoms with van der Waals surface area (Å²) in [6.45, 7) is 3.06. The molecule has 20 heavy (non-hydrogen) atoms. The maximum Gasteiger partial charge on any atom is 0.141 e. The molecule has 1 unspecified atom stereocenters. The lowest BCUT2D eigenvalue weighted by atomic mass is 10.00. The highest BCUT2D eigenvalue weighted by atomic mass is 19.1. The Morgan fingerprint density at radius 1 is 1.20 bits per heavy atom. The summed E-state index contributed by atoms with van der Waals surface area (Å²) in [5, 5.41) is 3.48. The average molecular weight is 272 g/mol. The number of nitrogens with one attached hydrogen (secondary N) is 1. The third-order valence-electron chi connectivity index (χ3n) is 3.33. The molecule has 1 heterocycles. The molecule has 0 aliphatic rings. The van der Waals surface area contributed by atoms with E-state index in [9.17, 15) is 4.39 Å². The fourth-order valence-corrected chi connectivity index (χ4v) is 2.28. The fourth-order valence-electron chi connectivity index (χ4n) is 2.28. The second-order valence-corrected chi connectivity index (χ2v) is 4.97. The maximum atomic E-state index is 13.3. The van der Waals surface area contributed by atoms with Gasteiger partial charge in [-0.05, 0) is 43.0 Å². The Hall–Kier alpha value is -1.74. The standard InChI is InChI=1S/C17H21FN2/c1-2-10-20-17(15-11-16(18)13-19-12-15)9-8-14-6-4-3-5-7-14/h3-7,11-13,17,20H,2,8-10H2,1H3. The summed E-state index contributed by atoms with van der Waals surface area (Å²) in [5.74, 6) is -0.273. The molecule has 1 aromatic heterocycles. The van der Waals surface area contributed by atoms with E-state index in [1.54, 1.807) is 12.3 Å². The van der Waals surface area contributed by atoms with Crippen LogP contribution < -0.4 is 5.32 Å². The first-order valence-electron chi connectivity index (χ1n) is 7.17. The molecule has 2 aromatic rings. The highest BCUT2D eigenvalue weighted by Gasteiger charge is 2.12. The van der Waals surface area contributed by atoms with Gasteiger partial charge in [-0.25, -0.2) is 4.39 Å². The number of aromatic nitrogens is 1. The number of hydrogen-bond acceptors (Lipinski definition) is 2. The predicted molar refractivity (Wildman–Crippen MR) is 80.0 cm³/mol. The first-order chi connectivity index (χ1) is 9.79. The monoisotopic (exact) mass is 272 g/mol.